The van der Waals surface area contributed by atoms with Gasteiger partial charge in [0.2, 0.25) is 0 Å². The minimum Gasteiger partial charge on any atom is -0.469 e. The third kappa shape index (κ3) is 33.4. The molecule has 0 atom stereocenters. The van der Waals surface area contributed by atoms with Gasteiger partial charge in [-0.1, -0.05) is 200 Å². The van der Waals surface area contributed by atoms with Crippen LogP contribution in [0.15, 0.2) is 0 Å². The van der Waals surface area contributed by atoms with Crippen LogP contribution in [0.1, 0.15) is 212 Å². The maximum Gasteiger partial charge on any atom is 0.305 e. The van der Waals surface area contributed by atoms with Crippen molar-refractivity contribution in [2.75, 3.05) is 7.11 Å². The Balaban J connectivity index is 3.03. The molecule has 0 aromatic heterocycles. The maximum atomic E-state index is 11.1. The van der Waals surface area contributed by atoms with Crippen LogP contribution in [0.25, 0.3) is 0 Å². The SMILES string of the molecule is CCCCCCCCCCCCCCCCCCCCCCCCCCCCCCCCCC(=O)OC. The van der Waals surface area contributed by atoms with E-state index in [2.05, 4.69) is 11.7 Å². The van der Waals surface area contributed by atoms with Gasteiger partial charge >= 0.3 is 5.97 Å². The number of hydrogen-bond donors (Lipinski definition) is 0. The summed E-state index contributed by atoms with van der Waals surface area (Å²) in [6, 6.07) is 0. The van der Waals surface area contributed by atoms with Crippen LogP contribution in [0.3, 0.4) is 0 Å². The first-order valence-corrected chi connectivity index (χ1v) is 17.4. The lowest BCUT2D eigenvalue weighted by atomic mass is 10.0. The first-order valence-electron chi connectivity index (χ1n) is 17.4. The van der Waals surface area contributed by atoms with Crippen LogP contribution in [0.4, 0.5) is 0 Å². The highest BCUT2D eigenvalue weighted by molar-refractivity contribution is 5.68. The average molecular weight is 523 g/mol. The third-order valence-corrected chi connectivity index (χ3v) is 8.21. The van der Waals surface area contributed by atoms with Gasteiger partial charge in [0.05, 0.1) is 7.11 Å². The summed E-state index contributed by atoms with van der Waals surface area (Å²) in [5.41, 5.74) is 0. The monoisotopic (exact) mass is 523 g/mol. The van der Waals surface area contributed by atoms with E-state index in [9.17, 15) is 4.79 Å². The second-order valence-electron chi connectivity index (χ2n) is 11.9. The minimum atomic E-state index is -0.0598. The Kier molecular flexibility index (Phi) is 33.0. The van der Waals surface area contributed by atoms with Crippen molar-refractivity contribution in [3.63, 3.8) is 0 Å². The lowest BCUT2D eigenvalue weighted by molar-refractivity contribution is -0.140. The Bertz CT molecular complexity index is 419. The summed E-state index contributed by atoms with van der Waals surface area (Å²) >= 11 is 0. The van der Waals surface area contributed by atoms with Crippen molar-refractivity contribution in [3.8, 4) is 0 Å². The second kappa shape index (κ2) is 33.5. The maximum absolute atomic E-state index is 11.1. The summed E-state index contributed by atoms with van der Waals surface area (Å²) in [7, 11) is 1.48. The summed E-state index contributed by atoms with van der Waals surface area (Å²) < 4.78 is 4.68. The standard InChI is InChI=1S/C35H70O2/c1-3-4-5-6-7-8-9-10-11-12-13-14-15-16-17-18-19-20-21-22-23-24-25-26-27-28-29-30-31-32-33-34-35(36)37-2/h3-34H2,1-2H3. The summed E-state index contributed by atoms with van der Waals surface area (Å²) in [5.74, 6) is -0.0598. The fourth-order valence-corrected chi connectivity index (χ4v) is 5.57. The third-order valence-electron chi connectivity index (χ3n) is 8.21. The van der Waals surface area contributed by atoms with Crippen LogP contribution in [-0.2, 0) is 9.53 Å². The predicted octanol–water partition coefficient (Wildman–Crippen LogP) is 12.7. The first kappa shape index (κ1) is 36.5. The fraction of sp³-hybridized carbons (Fsp3) is 0.971. The molecule has 0 bridgehead atoms. The van der Waals surface area contributed by atoms with E-state index < -0.39 is 0 Å². The molecule has 0 spiro atoms. The number of carbonyl (C=O) groups excluding carboxylic acids is 1. The molecule has 0 aliphatic rings. The van der Waals surface area contributed by atoms with Crippen LogP contribution < -0.4 is 0 Å². The lowest BCUT2D eigenvalue weighted by Gasteiger charge is -2.05. The summed E-state index contributed by atoms with van der Waals surface area (Å²) in [5, 5.41) is 0. The normalized spacial score (nSPS) is 11.3. The zero-order valence-corrected chi connectivity index (χ0v) is 25.9. The molecule has 0 aromatic rings. The molecule has 0 radical (unpaired) electrons. The Morgan fingerprint density at radius 2 is 0.541 bits per heavy atom. The summed E-state index contributed by atoms with van der Waals surface area (Å²) in [6.07, 6.45) is 44.7. The molecule has 0 N–H and O–H groups in total. The van der Waals surface area contributed by atoms with Gasteiger partial charge in [-0.2, -0.15) is 0 Å². The molecule has 0 amide bonds. The van der Waals surface area contributed by atoms with Gasteiger partial charge in [0.25, 0.3) is 0 Å². The number of hydrogen-bond acceptors (Lipinski definition) is 2. The van der Waals surface area contributed by atoms with Gasteiger partial charge in [0.1, 0.15) is 0 Å². The van der Waals surface area contributed by atoms with E-state index in [-0.39, 0.29) is 5.97 Å². The Labute approximate surface area is 234 Å². The van der Waals surface area contributed by atoms with Gasteiger partial charge in [-0.3, -0.25) is 4.79 Å². The zero-order chi connectivity index (χ0) is 26.9. The number of esters is 1. The highest BCUT2D eigenvalue weighted by Gasteiger charge is 1.99. The molecule has 0 saturated heterocycles. The number of unbranched alkanes of at least 4 members (excludes halogenated alkanes) is 30. The Hall–Kier alpha value is -0.530. The molecule has 0 aliphatic heterocycles. The van der Waals surface area contributed by atoms with Crippen LogP contribution in [-0.4, -0.2) is 13.1 Å². The Morgan fingerprint density at radius 3 is 0.730 bits per heavy atom. The van der Waals surface area contributed by atoms with Crippen molar-refractivity contribution in [2.45, 2.75) is 212 Å². The molecule has 0 aromatic carbocycles. The fourth-order valence-electron chi connectivity index (χ4n) is 5.57. The van der Waals surface area contributed by atoms with E-state index in [1.807, 2.05) is 0 Å². The van der Waals surface area contributed by atoms with Crippen LogP contribution in [0.5, 0.6) is 0 Å². The quantitative estimate of drug-likeness (QED) is 0.0648. The molecule has 0 rings (SSSR count). The first-order chi connectivity index (χ1) is 18.3. The molecule has 0 heterocycles. The molecule has 2 nitrogen and oxygen atoms in total. The van der Waals surface area contributed by atoms with E-state index in [0.717, 1.165) is 6.42 Å². The van der Waals surface area contributed by atoms with Crippen molar-refractivity contribution in [3.05, 3.63) is 0 Å². The molecule has 37 heavy (non-hydrogen) atoms. The van der Waals surface area contributed by atoms with E-state index >= 15 is 0 Å². The van der Waals surface area contributed by atoms with Gasteiger partial charge in [0, 0.05) is 6.42 Å². The van der Waals surface area contributed by atoms with Crippen LogP contribution >= 0.6 is 0 Å². The van der Waals surface area contributed by atoms with Gasteiger partial charge < -0.3 is 4.74 Å². The number of rotatable bonds is 32. The highest BCUT2D eigenvalue weighted by Crippen LogP contribution is 2.16. The van der Waals surface area contributed by atoms with E-state index in [1.54, 1.807) is 0 Å². The number of methoxy groups -OCH3 is 1. The molecule has 2 heteroatoms. The zero-order valence-electron chi connectivity index (χ0n) is 25.9. The Morgan fingerprint density at radius 1 is 0.351 bits per heavy atom. The van der Waals surface area contributed by atoms with Gasteiger partial charge in [-0.05, 0) is 6.42 Å². The smallest absolute Gasteiger partial charge is 0.305 e. The lowest BCUT2D eigenvalue weighted by Crippen LogP contribution is -1.99. The van der Waals surface area contributed by atoms with Crippen LogP contribution in [0.2, 0.25) is 0 Å². The molecule has 0 aliphatic carbocycles. The number of carbonyl (C=O) groups is 1. The van der Waals surface area contributed by atoms with Crippen molar-refractivity contribution in [1.82, 2.24) is 0 Å². The van der Waals surface area contributed by atoms with Gasteiger partial charge in [0.15, 0.2) is 0 Å². The van der Waals surface area contributed by atoms with E-state index in [4.69, 9.17) is 0 Å². The van der Waals surface area contributed by atoms with E-state index in [1.165, 1.54) is 200 Å². The summed E-state index contributed by atoms with van der Waals surface area (Å²) in [4.78, 5) is 11.1. The molecular formula is C35H70O2. The predicted molar refractivity (Wildman–Crippen MR) is 165 cm³/mol. The molecule has 0 saturated carbocycles. The van der Waals surface area contributed by atoms with Crippen molar-refractivity contribution >= 4 is 5.97 Å². The minimum absolute atomic E-state index is 0.0598. The molecule has 0 fully saturated rings. The molecule has 222 valence electrons. The van der Waals surface area contributed by atoms with Crippen molar-refractivity contribution in [1.29, 1.82) is 0 Å². The summed E-state index contributed by atoms with van der Waals surface area (Å²) in [6.45, 7) is 2.30. The van der Waals surface area contributed by atoms with Crippen molar-refractivity contribution < 1.29 is 9.53 Å². The highest BCUT2D eigenvalue weighted by atomic mass is 16.5. The van der Waals surface area contributed by atoms with Gasteiger partial charge in [-0.15, -0.1) is 0 Å². The van der Waals surface area contributed by atoms with E-state index in [0.29, 0.717) is 6.42 Å². The largest absolute Gasteiger partial charge is 0.469 e. The van der Waals surface area contributed by atoms with Gasteiger partial charge in [-0.25, -0.2) is 0 Å². The molecule has 0 unspecified atom stereocenters. The topological polar surface area (TPSA) is 26.3 Å². The molecular weight excluding hydrogens is 452 g/mol. The van der Waals surface area contributed by atoms with Crippen molar-refractivity contribution in [2.24, 2.45) is 0 Å². The second-order valence-corrected chi connectivity index (χ2v) is 11.9. The number of ether oxygens (including phenoxy) is 1. The van der Waals surface area contributed by atoms with Crippen LogP contribution in [0, 0.1) is 0 Å². The average Bonchev–Trinajstić information content (AvgIpc) is 2.91.